The molecule has 4 saturated carbocycles. The quantitative estimate of drug-likeness (QED) is 0.524. The summed E-state index contributed by atoms with van der Waals surface area (Å²) in [7, 11) is 0. The Bertz CT molecular complexity index is 1040. The SMILES string of the molecule is CC(C)(C)n1ccc(C2C[C@@H](C(=O)NC34CC5CC(CC(C5)C3)C4)N[C@H]2c2ccc(Cl)cc2)n1.Cl. The van der Waals surface area contributed by atoms with E-state index in [1.807, 2.05) is 16.8 Å². The van der Waals surface area contributed by atoms with E-state index < -0.39 is 0 Å². The maximum atomic E-state index is 13.7. The molecule has 190 valence electrons. The molecule has 7 heteroatoms. The summed E-state index contributed by atoms with van der Waals surface area (Å²) in [6, 6.07) is 9.98. The molecule has 4 bridgehead atoms. The summed E-state index contributed by atoms with van der Waals surface area (Å²) in [5, 5.41) is 13.0. The summed E-state index contributed by atoms with van der Waals surface area (Å²) in [6.45, 7) is 6.49. The first-order chi connectivity index (χ1) is 16.2. The van der Waals surface area contributed by atoms with Crippen LogP contribution in [0.25, 0.3) is 0 Å². The number of carbonyl (C=O) groups is 1. The van der Waals surface area contributed by atoms with Crippen LogP contribution in [0, 0.1) is 17.8 Å². The highest BCUT2D eigenvalue weighted by molar-refractivity contribution is 6.30. The predicted octanol–water partition coefficient (Wildman–Crippen LogP) is 5.99. The first kappa shape index (κ1) is 25.1. The number of nitrogens with one attached hydrogen (secondary N) is 2. The van der Waals surface area contributed by atoms with E-state index >= 15 is 0 Å². The van der Waals surface area contributed by atoms with Crippen molar-refractivity contribution in [2.75, 3.05) is 0 Å². The van der Waals surface area contributed by atoms with Crippen molar-refractivity contribution in [3.05, 3.63) is 52.8 Å². The summed E-state index contributed by atoms with van der Waals surface area (Å²) in [4.78, 5) is 13.7. The molecule has 4 aliphatic carbocycles. The number of nitrogens with zero attached hydrogens (tertiary/aromatic N) is 2. The van der Waals surface area contributed by atoms with E-state index in [1.165, 1.54) is 38.5 Å². The second-order valence-electron chi connectivity index (χ2n) is 12.6. The van der Waals surface area contributed by atoms with Gasteiger partial charge in [0.25, 0.3) is 0 Å². The van der Waals surface area contributed by atoms with Crippen molar-refractivity contribution in [1.82, 2.24) is 20.4 Å². The monoisotopic (exact) mass is 516 g/mol. The molecule has 2 heterocycles. The molecule has 5 fully saturated rings. The number of benzene rings is 1. The molecule has 0 spiro atoms. The standard InChI is InChI=1S/C28H37ClN4O.ClH/c1-27(2,3)33-9-8-23(32-33)22-13-24(30-25(22)20-4-6-21(29)7-5-20)26(34)31-28-14-17-10-18(15-28)12-19(11-17)16-28;/h4-9,17-19,22,24-25,30H,10-16H2,1-3H3,(H,31,34);1H/t17?,18?,19?,22?,24-,25-,28?;/m0./s1. The normalized spacial score (nSPS) is 35.7. The number of carbonyl (C=O) groups excluding carboxylic acids is 1. The van der Waals surface area contributed by atoms with Crippen LogP contribution in [0.15, 0.2) is 36.5 Å². The van der Waals surface area contributed by atoms with Crippen LogP contribution >= 0.6 is 24.0 Å². The second kappa shape index (κ2) is 9.08. The maximum Gasteiger partial charge on any atom is 0.237 e. The van der Waals surface area contributed by atoms with Crippen LogP contribution in [0.3, 0.4) is 0 Å². The fourth-order valence-corrected chi connectivity index (χ4v) is 7.91. The largest absolute Gasteiger partial charge is 0.349 e. The van der Waals surface area contributed by atoms with Gasteiger partial charge in [-0.1, -0.05) is 23.7 Å². The number of amides is 1. The van der Waals surface area contributed by atoms with Crippen LogP contribution in [0.2, 0.25) is 5.02 Å². The number of rotatable bonds is 4. The van der Waals surface area contributed by atoms with Gasteiger partial charge in [-0.2, -0.15) is 5.10 Å². The van der Waals surface area contributed by atoms with Gasteiger partial charge < -0.3 is 5.32 Å². The van der Waals surface area contributed by atoms with Crippen molar-refractivity contribution in [3.63, 3.8) is 0 Å². The lowest BCUT2D eigenvalue weighted by Gasteiger charge is -2.57. The van der Waals surface area contributed by atoms with Gasteiger partial charge in [0.2, 0.25) is 5.91 Å². The van der Waals surface area contributed by atoms with E-state index in [0.717, 1.165) is 40.5 Å². The number of aromatic nitrogens is 2. The van der Waals surface area contributed by atoms with Crippen molar-refractivity contribution < 1.29 is 4.79 Å². The Morgan fingerprint density at radius 3 is 2.17 bits per heavy atom. The zero-order chi connectivity index (χ0) is 23.7. The molecule has 2 N–H and O–H groups in total. The Kier molecular flexibility index (Phi) is 6.51. The van der Waals surface area contributed by atoms with Crippen LogP contribution in [0.5, 0.6) is 0 Å². The van der Waals surface area contributed by atoms with Gasteiger partial charge in [0, 0.05) is 28.7 Å². The molecular formula is C28H38Cl2N4O. The molecule has 2 aromatic rings. The Labute approximate surface area is 220 Å². The van der Waals surface area contributed by atoms with Gasteiger partial charge in [-0.25, -0.2) is 0 Å². The lowest BCUT2D eigenvalue weighted by atomic mass is 9.53. The molecule has 1 unspecified atom stereocenters. The van der Waals surface area contributed by atoms with Crippen LogP contribution in [-0.4, -0.2) is 27.3 Å². The van der Waals surface area contributed by atoms with E-state index in [9.17, 15) is 4.79 Å². The van der Waals surface area contributed by atoms with Crippen molar-refractivity contribution in [1.29, 1.82) is 0 Å². The van der Waals surface area contributed by atoms with Gasteiger partial charge in [-0.3, -0.25) is 14.8 Å². The fraction of sp³-hybridized carbons (Fsp3) is 0.643. The third kappa shape index (κ3) is 4.76. The highest BCUT2D eigenvalue weighted by atomic mass is 35.5. The molecule has 5 nitrogen and oxygen atoms in total. The Morgan fingerprint density at radius 1 is 1.03 bits per heavy atom. The molecule has 1 aliphatic heterocycles. The van der Waals surface area contributed by atoms with Crippen LogP contribution < -0.4 is 10.6 Å². The molecule has 35 heavy (non-hydrogen) atoms. The fourth-order valence-electron chi connectivity index (χ4n) is 7.79. The van der Waals surface area contributed by atoms with E-state index in [0.29, 0.717) is 0 Å². The Morgan fingerprint density at radius 2 is 1.63 bits per heavy atom. The summed E-state index contributed by atoms with van der Waals surface area (Å²) in [5.74, 6) is 2.77. The minimum atomic E-state index is -0.210. The number of hydrogen-bond acceptors (Lipinski definition) is 3. The molecule has 7 rings (SSSR count). The van der Waals surface area contributed by atoms with Crippen molar-refractivity contribution in [2.45, 2.75) is 94.8 Å². The highest BCUT2D eigenvalue weighted by Crippen LogP contribution is 2.55. The first-order valence-corrected chi connectivity index (χ1v) is 13.4. The van der Waals surface area contributed by atoms with Gasteiger partial charge >= 0.3 is 0 Å². The summed E-state index contributed by atoms with van der Waals surface area (Å²) < 4.78 is 2.03. The minimum absolute atomic E-state index is 0. The molecule has 1 saturated heterocycles. The lowest BCUT2D eigenvalue weighted by molar-refractivity contribution is -0.128. The first-order valence-electron chi connectivity index (χ1n) is 13.1. The topological polar surface area (TPSA) is 59.0 Å². The zero-order valence-electron chi connectivity index (χ0n) is 21.0. The molecule has 1 aromatic carbocycles. The predicted molar refractivity (Wildman–Crippen MR) is 142 cm³/mol. The van der Waals surface area contributed by atoms with Crippen molar-refractivity contribution >= 4 is 29.9 Å². The van der Waals surface area contributed by atoms with Crippen LogP contribution in [0.1, 0.15) is 88.9 Å². The van der Waals surface area contributed by atoms with E-state index in [2.05, 4.69) is 55.8 Å². The third-order valence-corrected chi connectivity index (χ3v) is 9.17. The maximum absolute atomic E-state index is 13.7. The molecule has 3 atom stereocenters. The average molecular weight is 518 g/mol. The summed E-state index contributed by atoms with van der Waals surface area (Å²) >= 11 is 6.18. The van der Waals surface area contributed by atoms with E-state index in [-0.39, 0.29) is 47.4 Å². The van der Waals surface area contributed by atoms with E-state index in [1.54, 1.807) is 0 Å². The van der Waals surface area contributed by atoms with Gasteiger partial charge in [-0.15, -0.1) is 12.4 Å². The van der Waals surface area contributed by atoms with Crippen molar-refractivity contribution in [2.24, 2.45) is 17.8 Å². The van der Waals surface area contributed by atoms with Gasteiger partial charge in [-0.05, 0) is 107 Å². The smallest absolute Gasteiger partial charge is 0.237 e. The van der Waals surface area contributed by atoms with Gasteiger partial charge in [0.05, 0.1) is 17.3 Å². The van der Waals surface area contributed by atoms with Gasteiger partial charge in [0.15, 0.2) is 0 Å². The molecule has 0 radical (unpaired) electrons. The van der Waals surface area contributed by atoms with E-state index in [4.69, 9.17) is 16.7 Å². The molecule has 1 aromatic heterocycles. The van der Waals surface area contributed by atoms with Gasteiger partial charge in [0.1, 0.15) is 0 Å². The Balaban J connectivity index is 0.00000253. The minimum Gasteiger partial charge on any atom is -0.349 e. The van der Waals surface area contributed by atoms with Crippen LogP contribution in [-0.2, 0) is 10.3 Å². The summed E-state index contributed by atoms with van der Waals surface area (Å²) in [6.07, 6.45) is 10.5. The average Bonchev–Trinajstić information content (AvgIpc) is 3.40. The lowest BCUT2D eigenvalue weighted by Crippen LogP contribution is -2.62. The molecule has 1 amide bonds. The third-order valence-electron chi connectivity index (χ3n) is 8.92. The highest BCUT2D eigenvalue weighted by Gasteiger charge is 2.52. The van der Waals surface area contributed by atoms with Crippen molar-refractivity contribution in [3.8, 4) is 0 Å². The summed E-state index contributed by atoms with van der Waals surface area (Å²) in [5.41, 5.74) is 2.17. The number of halogens is 2. The second-order valence-corrected chi connectivity index (χ2v) is 13.1. The van der Waals surface area contributed by atoms with Crippen LogP contribution in [0.4, 0.5) is 0 Å². The number of hydrogen-bond donors (Lipinski definition) is 2. The zero-order valence-corrected chi connectivity index (χ0v) is 22.5. The Hall–Kier alpha value is -1.56. The molecular weight excluding hydrogens is 479 g/mol. The molecule has 5 aliphatic rings.